The third-order valence-corrected chi connectivity index (χ3v) is 2.16. The Labute approximate surface area is 104 Å². The van der Waals surface area contributed by atoms with Crippen LogP contribution in [0, 0.1) is 0 Å². The zero-order valence-corrected chi connectivity index (χ0v) is 10.3. The highest BCUT2D eigenvalue weighted by atomic mass is 16.5. The van der Waals surface area contributed by atoms with Gasteiger partial charge >= 0.3 is 11.9 Å². The summed E-state index contributed by atoms with van der Waals surface area (Å²) in [7, 11) is 2.57. The lowest BCUT2D eigenvalue weighted by molar-refractivity contribution is -0.144. The Morgan fingerprint density at radius 1 is 1.33 bits per heavy atom. The Bertz CT molecular complexity index is 307. The van der Waals surface area contributed by atoms with Gasteiger partial charge in [0, 0.05) is 13.5 Å². The number of carboxylic acids is 1. The first-order valence-corrected chi connectivity index (χ1v) is 5.26. The molecule has 0 fully saturated rings. The minimum absolute atomic E-state index is 0.0187. The van der Waals surface area contributed by atoms with Crippen molar-refractivity contribution in [3.8, 4) is 0 Å². The van der Waals surface area contributed by atoms with Crippen molar-refractivity contribution in [3.05, 3.63) is 0 Å². The quantitative estimate of drug-likeness (QED) is 0.453. The number of carboxylic acid groups (broad SMARTS) is 1. The summed E-state index contributed by atoms with van der Waals surface area (Å²) in [6.45, 7) is -0.0187. The van der Waals surface area contributed by atoms with Crippen molar-refractivity contribution >= 4 is 17.8 Å². The first-order chi connectivity index (χ1) is 8.42. The lowest BCUT2D eigenvalue weighted by Gasteiger charge is -2.16. The van der Waals surface area contributed by atoms with Crippen molar-refractivity contribution in [2.24, 2.45) is 5.73 Å². The maximum atomic E-state index is 11.5. The molecular formula is C10H18N2O6. The maximum Gasteiger partial charge on any atom is 0.326 e. The molecular weight excluding hydrogens is 244 g/mol. The van der Waals surface area contributed by atoms with Crippen molar-refractivity contribution in [2.45, 2.75) is 24.9 Å². The number of methoxy groups -OCH3 is 2. The highest BCUT2D eigenvalue weighted by Gasteiger charge is 2.23. The third-order valence-electron chi connectivity index (χ3n) is 2.16. The maximum absolute atomic E-state index is 11.5. The van der Waals surface area contributed by atoms with Gasteiger partial charge in [-0.15, -0.1) is 0 Å². The third kappa shape index (κ3) is 6.16. The molecule has 1 amide bonds. The summed E-state index contributed by atoms with van der Waals surface area (Å²) in [6.07, 6.45) is -0.166. The van der Waals surface area contributed by atoms with Crippen LogP contribution in [-0.2, 0) is 23.9 Å². The highest BCUT2D eigenvalue weighted by Crippen LogP contribution is 2.00. The van der Waals surface area contributed by atoms with Gasteiger partial charge in [-0.2, -0.15) is 0 Å². The fourth-order valence-electron chi connectivity index (χ4n) is 1.16. The molecule has 0 rings (SSSR count). The summed E-state index contributed by atoms with van der Waals surface area (Å²) < 4.78 is 9.06. The average molecular weight is 262 g/mol. The lowest BCUT2D eigenvalue weighted by atomic mass is 10.1. The predicted molar refractivity (Wildman–Crippen MR) is 60.7 cm³/mol. The monoisotopic (exact) mass is 262 g/mol. The second-order valence-corrected chi connectivity index (χ2v) is 3.58. The van der Waals surface area contributed by atoms with Crippen LogP contribution < -0.4 is 11.1 Å². The van der Waals surface area contributed by atoms with E-state index in [-0.39, 0.29) is 19.4 Å². The van der Waals surface area contributed by atoms with Gasteiger partial charge in [-0.25, -0.2) is 4.79 Å². The summed E-state index contributed by atoms with van der Waals surface area (Å²) in [5.74, 6) is -2.43. The Morgan fingerprint density at radius 3 is 2.39 bits per heavy atom. The Kier molecular flexibility index (Phi) is 7.64. The molecule has 0 aliphatic carbocycles. The number of hydrogen-bond acceptors (Lipinski definition) is 6. The molecule has 0 aromatic carbocycles. The van der Waals surface area contributed by atoms with Gasteiger partial charge in [0.25, 0.3) is 0 Å². The molecule has 0 heterocycles. The molecule has 104 valence electrons. The van der Waals surface area contributed by atoms with Crippen LogP contribution in [0.2, 0.25) is 0 Å². The molecule has 0 bridgehead atoms. The molecule has 2 atom stereocenters. The molecule has 0 spiro atoms. The number of aliphatic carboxylic acids is 1. The Morgan fingerprint density at radius 2 is 1.94 bits per heavy atom. The second kappa shape index (κ2) is 8.43. The van der Waals surface area contributed by atoms with E-state index in [9.17, 15) is 14.4 Å². The number of carbonyl (C=O) groups is 3. The van der Waals surface area contributed by atoms with E-state index in [1.807, 2.05) is 0 Å². The number of nitrogens with one attached hydrogen (secondary N) is 1. The van der Waals surface area contributed by atoms with E-state index in [0.29, 0.717) is 0 Å². The summed E-state index contributed by atoms with van der Waals surface area (Å²) in [5, 5.41) is 11.1. The number of carbonyl (C=O) groups excluding carboxylic acids is 2. The molecule has 0 aromatic rings. The number of rotatable bonds is 8. The molecule has 0 radical (unpaired) electrons. The largest absolute Gasteiger partial charge is 0.480 e. The Hall–Kier alpha value is -1.67. The van der Waals surface area contributed by atoms with E-state index in [1.54, 1.807) is 0 Å². The molecule has 8 heteroatoms. The van der Waals surface area contributed by atoms with E-state index >= 15 is 0 Å². The fourth-order valence-corrected chi connectivity index (χ4v) is 1.16. The van der Waals surface area contributed by atoms with Gasteiger partial charge in [0.05, 0.1) is 13.7 Å². The van der Waals surface area contributed by atoms with E-state index in [0.717, 1.165) is 0 Å². The smallest absolute Gasteiger partial charge is 0.326 e. The van der Waals surface area contributed by atoms with Gasteiger partial charge in [-0.1, -0.05) is 0 Å². The molecule has 8 nitrogen and oxygen atoms in total. The van der Waals surface area contributed by atoms with Crippen molar-refractivity contribution in [1.82, 2.24) is 5.32 Å². The Balaban J connectivity index is 4.31. The second-order valence-electron chi connectivity index (χ2n) is 3.58. The predicted octanol–water partition coefficient (Wildman–Crippen LogP) is -1.52. The minimum atomic E-state index is -1.24. The number of hydrogen-bond donors (Lipinski definition) is 3. The van der Waals surface area contributed by atoms with E-state index in [2.05, 4.69) is 14.8 Å². The highest BCUT2D eigenvalue weighted by molar-refractivity contribution is 5.87. The van der Waals surface area contributed by atoms with Crippen LogP contribution >= 0.6 is 0 Å². The van der Waals surface area contributed by atoms with Gasteiger partial charge in [0.2, 0.25) is 5.91 Å². The van der Waals surface area contributed by atoms with Crippen LogP contribution in [0.5, 0.6) is 0 Å². The fraction of sp³-hybridized carbons (Fsp3) is 0.700. The van der Waals surface area contributed by atoms with E-state index < -0.39 is 29.9 Å². The van der Waals surface area contributed by atoms with Crippen LogP contribution in [0.25, 0.3) is 0 Å². The number of nitrogens with two attached hydrogens (primary N) is 1. The van der Waals surface area contributed by atoms with Crippen molar-refractivity contribution < 1.29 is 29.0 Å². The van der Waals surface area contributed by atoms with Gasteiger partial charge in [0.15, 0.2) is 0 Å². The summed E-state index contributed by atoms with van der Waals surface area (Å²) in [5.41, 5.74) is 5.44. The average Bonchev–Trinajstić information content (AvgIpc) is 2.33. The van der Waals surface area contributed by atoms with E-state index in [1.165, 1.54) is 14.2 Å². The van der Waals surface area contributed by atoms with Crippen LogP contribution in [0.3, 0.4) is 0 Å². The van der Waals surface area contributed by atoms with Crippen LogP contribution in [0.1, 0.15) is 12.8 Å². The van der Waals surface area contributed by atoms with Gasteiger partial charge in [-0.3, -0.25) is 9.59 Å². The topological polar surface area (TPSA) is 128 Å². The molecule has 0 saturated carbocycles. The van der Waals surface area contributed by atoms with E-state index in [4.69, 9.17) is 10.8 Å². The minimum Gasteiger partial charge on any atom is -0.480 e. The van der Waals surface area contributed by atoms with Crippen LogP contribution in [-0.4, -0.2) is 55.9 Å². The standard InChI is InChI=1S/C10H18N2O6/c1-17-5-6(11)9(14)12-7(10(15)16)3-4-8(13)18-2/h6-7H,3-5,11H2,1-2H3,(H,12,14)(H,15,16)/t6?,7-/m1/s1. The van der Waals surface area contributed by atoms with Gasteiger partial charge in [0.1, 0.15) is 12.1 Å². The summed E-state index contributed by atoms with van der Waals surface area (Å²) >= 11 is 0. The number of esters is 1. The van der Waals surface area contributed by atoms with Gasteiger partial charge < -0.3 is 25.6 Å². The lowest BCUT2D eigenvalue weighted by Crippen LogP contribution is -2.50. The number of ether oxygens (including phenoxy) is 2. The molecule has 0 aliphatic heterocycles. The molecule has 0 aromatic heterocycles. The van der Waals surface area contributed by atoms with Crippen LogP contribution in [0.15, 0.2) is 0 Å². The molecule has 4 N–H and O–H groups in total. The van der Waals surface area contributed by atoms with Crippen molar-refractivity contribution in [3.63, 3.8) is 0 Å². The summed E-state index contributed by atoms with van der Waals surface area (Å²) in [4.78, 5) is 33.2. The first kappa shape index (κ1) is 16.3. The summed E-state index contributed by atoms with van der Waals surface area (Å²) in [6, 6.07) is -2.13. The first-order valence-electron chi connectivity index (χ1n) is 5.26. The van der Waals surface area contributed by atoms with Gasteiger partial charge in [-0.05, 0) is 6.42 Å². The molecule has 1 unspecified atom stereocenters. The zero-order valence-electron chi connectivity index (χ0n) is 10.3. The zero-order chi connectivity index (χ0) is 14.1. The van der Waals surface area contributed by atoms with Crippen LogP contribution in [0.4, 0.5) is 0 Å². The molecule has 18 heavy (non-hydrogen) atoms. The molecule has 0 saturated heterocycles. The number of amides is 1. The molecule has 0 aliphatic rings. The normalized spacial score (nSPS) is 13.5. The van der Waals surface area contributed by atoms with Crippen molar-refractivity contribution in [1.29, 1.82) is 0 Å². The van der Waals surface area contributed by atoms with Crippen molar-refractivity contribution in [2.75, 3.05) is 20.8 Å². The SMILES string of the molecule is COCC(N)C(=O)N[C@H](CCC(=O)OC)C(=O)O.